The van der Waals surface area contributed by atoms with E-state index in [0.29, 0.717) is 0 Å². The molecule has 0 saturated carbocycles. The molecule has 3 rings (SSSR count). The number of hydrogen-bond acceptors (Lipinski definition) is 4. The van der Waals surface area contributed by atoms with Crippen molar-refractivity contribution in [3.05, 3.63) is 35.4 Å². The Hall–Kier alpha value is -0.940. The van der Waals surface area contributed by atoms with E-state index in [4.69, 9.17) is 10.5 Å². The molecule has 0 spiro atoms. The summed E-state index contributed by atoms with van der Waals surface area (Å²) >= 11 is 0. The Kier molecular flexibility index (Phi) is 4.60. The first-order valence-electron chi connectivity index (χ1n) is 8.03. The van der Waals surface area contributed by atoms with E-state index < -0.39 is 0 Å². The normalized spacial score (nSPS) is 24.1. The fraction of sp³-hybridized carbons (Fsp3) is 0.647. The largest absolute Gasteiger partial charge is 0.379 e. The van der Waals surface area contributed by atoms with Gasteiger partial charge in [-0.05, 0) is 44.1 Å². The van der Waals surface area contributed by atoms with Crippen molar-refractivity contribution in [3.8, 4) is 0 Å². The Labute approximate surface area is 127 Å². The van der Waals surface area contributed by atoms with Crippen molar-refractivity contribution in [2.24, 2.45) is 5.73 Å². The minimum atomic E-state index is -0.145. The fourth-order valence-electron chi connectivity index (χ4n) is 3.30. The summed E-state index contributed by atoms with van der Waals surface area (Å²) in [5.41, 5.74) is 9.22. The minimum absolute atomic E-state index is 0.145. The van der Waals surface area contributed by atoms with Gasteiger partial charge in [-0.1, -0.05) is 24.3 Å². The lowest BCUT2D eigenvalue weighted by Crippen LogP contribution is -2.47. The first-order valence-corrected chi connectivity index (χ1v) is 8.03. The zero-order valence-corrected chi connectivity index (χ0v) is 13.1. The van der Waals surface area contributed by atoms with E-state index in [0.717, 1.165) is 58.8 Å². The molecule has 116 valence electrons. The first kappa shape index (κ1) is 15.0. The Bertz CT molecular complexity index is 463. The third-order valence-electron chi connectivity index (χ3n) is 4.89. The van der Waals surface area contributed by atoms with E-state index >= 15 is 0 Å². The number of morpholine rings is 1. The SMILES string of the molecule is CN1CCC(N)(c2cccc(CN3CCOCC3)c2)CC1. The summed E-state index contributed by atoms with van der Waals surface area (Å²) in [7, 11) is 2.18. The Morgan fingerprint density at radius 2 is 1.86 bits per heavy atom. The molecule has 2 aliphatic rings. The summed E-state index contributed by atoms with van der Waals surface area (Å²) in [4.78, 5) is 4.82. The van der Waals surface area contributed by atoms with Crippen LogP contribution in [-0.2, 0) is 16.8 Å². The highest BCUT2D eigenvalue weighted by atomic mass is 16.5. The second kappa shape index (κ2) is 6.44. The summed E-state index contributed by atoms with van der Waals surface area (Å²) in [6.45, 7) is 6.95. The highest BCUT2D eigenvalue weighted by Gasteiger charge is 2.31. The van der Waals surface area contributed by atoms with Crippen LogP contribution < -0.4 is 5.73 Å². The summed E-state index contributed by atoms with van der Waals surface area (Å²) in [6.07, 6.45) is 2.09. The highest BCUT2D eigenvalue weighted by molar-refractivity contribution is 5.30. The summed E-state index contributed by atoms with van der Waals surface area (Å²) in [5, 5.41) is 0. The van der Waals surface area contributed by atoms with E-state index in [2.05, 4.69) is 41.1 Å². The number of hydrogen-bond donors (Lipinski definition) is 1. The van der Waals surface area contributed by atoms with Gasteiger partial charge in [0, 0.05) is 25.2 Å². The van der Waals surface area contributed by atoms with Gasteiger partial charge in [-0.2, -0.15) is 0 Å². The highest BCUT2D eigenvalue weighted by Crippen LogP contribution is 2.30. The van der Waals surface area contributed by atoms with Gasteiger partial charge in [0.2, 0.25) is 0 Å². The average molecular weight is 289 g/mol. The van der Waals surface area contributed by atoms with Crippen LogP contribution >= 0.6 is 0 Å². The van der Waals surface area contributed by atoms with Gasteiger partial charge >= 0.3 is 0 Å². The minimum Gasteiger partial charge on any atom is -0.379 e. The maximum atomic E-state index is 6.68. The van der Waals surface area contributed by atoms with Crippen molar-refractivity contribution in [2.75, 3.05) is 46.4 Å². The topological polar surface area (TPSA) is 41.7 Å². The van der Waals surface area contributed by atoms with Crippen LogP contribution in [0.5, 0.6) is 0 Å². The quantitative estimate of drug-likeness (QED) is 0.913. The molecule has 1 aromatic rings. The molecule has 0 amide bonds. The number of rotatable bonds is 3. The monoisotopic (exact) mass is 289 g/mol. The standard InChI is InChI=1S/C17H27N3O/c1-19-7-5-17(18,6-8-19)16-4-2-3-15(13-16)14-20-9-11-21-12-10-20/h2-4,13H,5-12,14,18H2,1H3. The molecule has 2 fully saturated rings. The van der Waals surface area contributed by atoms with Crippen LogP contribution in [0.1, 0.15) is 24.0 Å². The van der Waals surface area contributed by atoms with E-state index in [-0.39, 0.29) is 5.54 Å². The lowest BCUT2D eigenvalue weighted by atomic mass is 9.81. The molecule has 2 saturated heterocycles. The lowest BCUT2D eigenvalue weighted by molar-refractivity contribution is 0.0341. The van der Waals surface area contributed by atoms with Crippen molar-refractivity contribution in [3.63, 3.8) is 0 Å². The fourth-order valence-corrected chi connectivity index (χ4v) is 3.30. The molecule has 0 aromatic heterocycles. The molecule has 4 nitrogen and oxygen atoms in total. The van der Waals surface area contributed by atoms with Gasteiger partial charge in [-0.15, -0.1) is 0 Å². The van der Waals surface area contributed by atoms with Crippen LogP contribution in [0.15, 0.2) is 24.3 Å². The molecule has 0 atom stereocenters. The Balaban J connectivity index is 1.70. The second-order valence-corrected chi connectivity index (χ2v) is 6.55. The van der Waals surface area contributed by atoms with Gasteiger partial charge in [0.05, 0.1) is 13.2 Å². The van der Waals surface area contributed by atoms with Crippen LogP contribution in [0.25, 0.3) is 0 Å². The molecule has 1 aromatic carbocycles. The molecule has 0 radical (unpaired) electrons. The van der Waals surface area contributed by atoms with Crippen molar-refractivity contribution in [2.45, 2.75) is 24.9 Å². The number of benzene rings is 1. The smallest absolute Gasteiger partial charge is 0.0594 e. The molecular weight excluding hydrogens is 262 g/mol. The summed E-state index contributed by atoms with van der Waals surface area (Å²) in [5.74, 6) is 0. The number of nitrogens with zero attached hydrogens (tertiary/aromatic N) is 2. The molecule has 2 aliphatic heterocycles. The van der Waals surface area contributed by atoms with Crippen molar-refractivity contribution in [1.29, 1.82) is 0 Å². The number of piperidine rings is 1. The van der Waals surface area contributed by atoms with Crippen LogP contribution in [0.4, 0.5) is 0 Å². The number of nitrogens with two attached hydrogens (primary N) is 1. The predicted molar refractivity (Wildman–Crippen MR) is 85.1 cm³/mol. The third-order valence-corrected chi connectivity index (χ3v) is 4.89. The van der Waals surface area contributed by atoms with Gasteiger partial charge in [-0.3, -0.25) is 4.90 Å². The molecule has 2 heterocycles. The molecule has 21 heavy (non-hydrogen) atoms. The van der Waals surface area contributed by atoms with Gasteiger partial charge < -0.3 is 15.4 Å². The van der Waals surface area contributed by atoms with Crippen molar-refractivity contribution < 1.29 is 4.74 Å². The number of likely N-dealkylation sites (tertiary alicyclic amines) is 1. The predicted octanol–water partition coefficient (Wildman–Crippen LogP) is 1.40. The van der Waals surface area contributed by atoms with E-state index in [1.165, 1.54) is 11.1 Å². The maximum absolute atomic E-state index is 6.68. The second-order valence-electron chi connectivity index (χ2n) is 6.55. The lowest BCUT2D eigenvalue weighted by Gasteiger charge is -2.38. The Morgan fingerprint density at radius 3 is 2.57 bits per heavy atom. The summed E-state index contributed by atoms with van der Waals surface area (Å²) in [6, 6.07) is 8.91. The molecule has 0 bridgehead atoms. The van der Waals surface area contributed by atoms with Gasteiger partial charge in [-0.25, -0.2) is 0 Å². The van der Waals surface area contributed by atoms with Crippen LogP contribution in [0.2, 0.25) is 0 Å². The van der Waals surface area contributed by atoms with Crippen LogP contribution in [-0.4, -0.2) is 56.2 Å². The Morgan fingerprint density at radius 1 is 1.14 bits per heavy atom. The van der Waals surface area contributed by atoms with Crippen LogP contribution in [0.3, 0.4) is 0 Å². The van der Waals surface area contributed by atoms with Crippen molar-refractivity contribution in [1.82, 2.24) is 9.80 Å². The molecule has 0 unspecified atom stereocenters. The van der Waals surface area contributed by atoms with E-state index in [1.807, 2.05) is 0 Å². The zero-order chi connectivity index (χ0) is 14.7. The number of ether oxygens (including phenoxy) is 1. The molecule has 4 heteroatoms. The maximum Gasteiger partial charge on any atom is 0.0594 e. The van der Waals surface area contributed by atoms with E-state index in [1.54, 1.807) is 0 Å². The van der Waals surface area contributed by atoms with Gasteiger partial charge in [0.15, 0.2) is 0 Å². The van der Waals surface area contributed by atoms with Crippen molar-refractivity contribution >= 4 is 0 Å². The van der Waals surface area contributed by atoms with Gasteiger partial charge in [0.1, 0.15) is 0 Å². The summed E-state index contributed by atoms with van der Waals surface area (Å²) < 4.78 is 5.42. The first-order chi connectivity index (χ1) is 10.2. The van der Waals surface area contributed by atoms with Crippen LogP contribution in [0, 0.1) is 0 Å². The molecule has 0 aliphatic carbocycles. The third kappa shape index (κ3) is 3.64. The van der Waals surface area contributed by atoms with Gasteiger partial charge in [0.25, 0.3) is 0 Å². The average Bonchev–Trinajstić information content (AvgIpc) is 2.52. The molecular formula is C17H27N3O. The molecule has 2 N–H and O–H groups in total. The van der Waals surface area contributed by atoms with E-state index in [9.17, 15) is 0 Å². The zero-order valence-electron chi connectivity index (χ0n) is 13.1.